The quantitative estimate of drug-likeness (QED) is 0.721. The molecule has 0 spiro atoms. The van der Waals surface area contributed by atoms with E-state index in [1.54, 1.807) is 12.1 Å². The second-order valence-corrected chi connectivity index (χ2v) is 5.16. The smallest absolute Gasteiger partial charge is 0.165 e. The molecule has 4 heteroatoms. The van der Waals surface area contributed by atoms with E-state index in [0.717, 1.165) is 11.1 Å². The number of ether oxygens (including phenoxy) is 1. The molecule has 0 N–H and O–H groups in total. The van der Waals surface area contributed by atoms with Gasteiger partial charge in [-0.1, -0.05) is 29.8 Å². The fourth-order valence-corrected chi connectivity index (χ4v) is 2.26. The molecule has 100 valence electrons. The van der Waals surface area contributed by atoms with Gasteiger partial charge in [0.05, 0.1) is 12.5 Å². The lowest BCUT2D eigenvalue weighted by atomic mass is 10.0. The number of halogens is 3. The van der Waals surface area contributed by atoms with E-state index in [-0.39, 0.29) is 16.9 Å². The van der Waals surface area contributed by atoms with Gasteiger partial charge in [-0.3, -0.25) is 0 Å². The summed E-state index contributed by atoms with van der Waals surface area (Å²) >= 11 is 12.2. The van der Waals surface area contributed by atoms with Gasteiger partial charge in [0.25, 0.3) is 0 Å². The van der Waals surface area contributed by atoms with Gasteiger partial charge in [-0.25, -0.2) is 4.39 Å². The monoisotopic (exact) mass is 298 g/mol. The molecule has 1 atom stereocenters. The Hall–Kier alpha value is -1.25. The second kappa shape index (κ2) is 6.27. The van der Waals surface area contributed by atoms with Gasteiger partial charge < -0.3 is 4.74 Å². The van der Waals surface area contributed by atoms with Crippen LogP contribution in [0, 0.1) is 5.82 Å². The number of rotatable bonds is 4. The van der Waals surface area contributed by atoms with E-state index in [1.165, 1.54) is 13.2 Å². The maximum absolute atomic E-state index is 13.3. The summed E-state index contributed by atoms with van der Waals surface area (Å²) in [4.78, 5) is 0. The highest BCUT2D eigenvalue weighted by molar-refractivity contribution is 6.30. The zero-order valence-electron chi connectivity index (χ0n) is 10.4. The van der Waals surface area contributed by atoms with Gasteiger partial charge in [0, 0.05) is 5.02 Å². The Balaban J connectivity index is 2.15. The summed E-state index contributed by atoms with van der Waals surface area (Å²) in [6, 6.07) is 12.2. The molecule has 0 aliphatic rings. The molecule has 0 heterocycles. The van der Waals surface area contributed by atoms with Crippen molar-refractivity contribution in [3.63, 3.8) is 0 Å². The molecule has 2 aromatic rings. The number of methoxy groups -OCH3 is 1. The largest absolute Gasteiger partial charge is 0.494 e. The molecule has 0 aliphatic carbocycles. The second-order valence-electron chi connectivity index (χ2n) is 4.19. The Morgan fingerprint density at radius 2 is 1.84 bits per heavy atom. The van der Waals surface area contributed by atoms with Gasteiger partial charge in [0.1, 0.15) is 0 Å². The van der Waals surface area contributed by atoms with Crippen LogP contribution in [0.1, 0.15) is 16.5 Å². The average molecular weight is 299 g/mol. The SMILES string of the molecule is COc1cc(C(Cl)Cc2ccc(Cl)cc2)ccc1F. The summed E-state index contributed by atoms with van der Waals surface area (Å²) in [5.41, 5.74) is 1.91. The molecule has 1 nitrogen and oxygen atoms in total. The van der Waals surface area contributed by atoms with Gasteiger partial charge in [-0.2, -0.15) is 0 Å². The molecular formula is C15H13Cl2FO. The van der Waals surface area contributed by atoms with Gasteiger partial charge in [-0.15, -0.1) is 11.6 Å². The summed E-state index contributed by atoms with van der Waals surface area (Å²) in [7, 11) is 1.44. The Kier molecular flexibility index (Phi) is 4.67. The molecule has 0 radical (unpaired) electrons. The van der Waals surface area contributed by atoms with Crippen LogP contribution in [0.2, 0.25) is 5.02 Å². The first-order valence-corrected chi connectivity index (χ1v) is 6.63. The third kappa shape index (κ3) is 3.62. The number of hydrogen-bond acceptors (Lipinski definition) is 1. The van der Waals surface area contributed by atoms with Crippen molar-refractivity contribution in [1.29, 1.82) is 0 Å². The molecule has 0 aromatic heterocycles. The van der Waals surface area contributed by atoms with E-state index in [1.807, 2.05) is 24.3 Å². The van der Waals surface area contributed by atoms with Crippen molar-refractivity contribution in [3.8, 4) is 5.75 Å². The van der Waals surface area contributed by atoms with Crippen LogP contribution in [0.5, 0.6) is 5.75 Å². The van der Waals surface area contributed by atoms with Crippen LogP contribution in [0.3, 0.4) is 0 Å². The van der Waals surface area contributed by atoms with E-state index in [9.17, 15) is 4.39 Å². The summed E-state index contributed by atoms with van der Waals surface area (Å²) in [5, 5.41) is 0.453. The van der Waals surface area contributed by atoms with Crippen molar-refractivity contribution < 1.29 is 9.13 Å². The highest BCUT2D eigenvalue weighted by Crippen LogP contribution is 2.29. The van der Waals surface area contributed by atoms with Crippen LogP contribution >= 0.6 is 23.2 Å². The predicted octanol–water partition coefficient (Wildman–Crippen LogP) is 5.01. The Bertz CT molecular complexity index is 555. The van der Waals surface area contributed by atoms with E-state index in [2.05, 4.69) is 0 Å². The first-order valence-electron chi connectivity index (χ1n) is 5.82. The zero-order chi connectivity index (χ0) is 13.8. The number of hydrogen-bond donors (Lipinski definition) is 0. The first kappa shape index (κ1) is 14.2. The van der Waals surface area contributed by atoms with Crippen molar-refractivity contribution in [2.75, 3.05) is 7.11 Å². The molecule has 0 amide bonds. The van der Waals surface area contributed by atoms with Crippen LogP contribution in [-0.2, 0) is 6.42 Å². The van der Waals surface area contributed by atoms with Crippen LogP contribution in [0.15, 0.2) is 42.5 Å². The fraction of sp³-hybridized carbons (Fsp3) is 0.200. The Labute approximate surface area is 121 Å². The van der Waals surface area contributed by atoms with Gasteiger partial charge in [0.2, 0.25) is 0 Å². The molecular weight excluding hydrogens is 286 g/mol. The van der Waals surface area contributed by atoms with E-state index < -0.39 is 0 Å². The van der Waals surface area contributed by atoms with Crippen molar-refractivity contribution in [2.24, 2.45) is 0 Å². The number of alkyl halides is 1. The molecule has 0 aliphatic heterocycles. The molecule has 0 saturated carbocycles. The van der Waals surface area contributed by atoms with Crippen molar-refractivity contribution in [1.82, 2.24) is 0 Å². The minimum atomic E-state index is -0.387. The molecule has 1 unspecified atom stereocenters. The number of benzene rings is 2. The third-order valence-corrected chi connectivity index (χ3v) is 3.52. The van der Waals surface area contributed by atoms with Gasteiger partial charge in [0.15, 0.2) is 11.6 Å². The van der Waals surface area contributed by atoms with Crippen molar-refractivity contribution in [3.05, 3.63) is 64.4 Å². The van der Waals surface area contributed by atoms with Gasteiger partial charge in [-0.05, 0) is 41.8 Å². The third-order valence-electron chi connectivity index (χ3n) is 2.87. The summed E-state index contributed by atoms with van der Waals surface area (Å²) in [6.45, 7) is 0. The lowest BCUT2D eigenvalue weighted by Crippen LogP contribution is -1.98. The highest BCUT2D eigenvalue weighted by Gasteiger charge is 2.12. The van der Waals surface area contributed by atoms with Crippen LogP contribution < -0.4 is 4.74 Å². The van der Waals surface area contributed by atoms with Crippen LogP contribution in [0.25, 0.3) is 0 Å². The molecule has 2 aromatic carbocycles. The topological polar surface area (TPSA) is 9.23 Å². The molecule has 2 rings (SSSR count). The van der Waals surface area contributed by atoms with Crippen molar-refractivity contribution >= 4 is 23.2 Å². The van der Waals surface area contributed by atoms with E-state index >= 15 is 0 Å². The summed E-state index contributed by atoms with van der Waals surface area (Å²) in [6.07, 6.45) is 0.646. The molecule has 0 bridgehead atoms. The van der Waals surface area contributed by atoms with E-state index in [0.29, 0.717) is 11.4 Å². The maximum atomic E-state index is 13.3. The van der Waals surface area contributed by atoms with Crippen LogP contribution in [-0.4, -0.2) is 7.11 Å². The normalized spacial score (nSPS) is 12.2. The molecule has 0 saturated heterocycles. The highest BCUT2D eigenvalue weighted by atomic mass is 35.5. The van der Waals surface area contributed by atoms with Crippen molar-refractivity contribution in [2.45, 2.75) is 11.8 Å². The lowest BCUT2D eigenvalue weighted by Gasteiger charge is -2.12. The molecule has 19 heavy (non-hydrogen) atoms. The maximum Gasteiger partial charge on any atom is 0.165 e. The Morgan fingerprint density at radius 1 is 1.16 bits per heavy atom. The fourth-order valence-electron chi connectivity index (χ4n) is 1.82. The van der Waals surface area contributed by atoms with Crippen LogP contribution in [0.4, 0.5) is 4.39 Å². The predicted molar refractivity (Wildman–Crippen MR) is 76.7 cm³/mol. The standard InChI is InChI=1S/C15H13Cl2FO/c1-19-15-9-11(4-7-14(15)18)13(17)8-10-2-5-12(16)6-3-10/h2-7,9,13H,8H2,1H3. The minimum absolute atomic E-state index is 0.208. The molecule has 0 fully saturated rings. The first-order chi connectivity index (χ1) is 9.10. The average Bonchev–Trinajstić information content (AvgIpc) is 2.42. The Morgan fingerprint density at radius 3 is 2.47 bits per heavy atom. The summed E-state index contributed by atoms with van der Waals surface area (Å²) in [5.74, 6) is -0.180. The lowest BCUT2D eigenvalue weighted by molar-refractivity contribution is 0.386. The van der Waals surface area contributed by atoms with Gasteiger partial charge >= 0.3 is 0 Å². The minimum Gasteiger partial charge on any atom is -0.494 e. The zero-order valence-corrected chi connectivity index (χ0v) is 11.9. The summed E-state index contributed by atoms with van der Waals surface area (Å²) < 4.78 is 18.3. The van der Waals surface area contributed by atoms with E-state index in [4.69, 9.17) is 27.9 Å².